The van der Waals surface area contributed by atoms with Gasteiger partial charge in [-0.2, -0.15) is 0 Å². The van der Waals surface area contributed by atoms with Gasteiger partial charge in [-0.05, 0) is 67.6 Å². The Labute approximate surface area is 224 Å². The third kappa shape index (κ3) is 8.37. The smallest absolute Gasteiger partial charge is 0.251 e. The van der Waals surface area contributed by atoms with Crippen molar-refractivity contribution in [2.24, 2.45) is 0 Å². The summed E-state index contributed by atoms with van der Waals surface area (Å²) in [6.45, 7) is 1.33. The SMILES string of the molecule is Cl.O=C(NC(CCCCN[C@@H]1C[C@H]1c1ccccc1)C(=O)NCc1ccccc1)c1ccc(Cl)cc1. The summed E-state index contributed by atoms with van der Waals surface area (Å²) in [5, 5.41) is 10.1. The highest BCUT2D eigenvalue weighted by molar-refractivity contribution is 6.30. The predicted molar refractivity (Wildman–Crippen MR) is 148 cm³/mol. The maximum Gasteiger partial charge on any atom is 0.251 e. The molecule has 3 aromatic carbocycles. The summed E-state index contributed by atoms with van der Waals surface area (Å²) in [7, 11) is 0. The van der Waals surface area contributed by atoms with Crippen molar-refractivity contribution < 1.29 is 9.59 Å². The molecule has 0 saturated heterocycles. The molecule has 2 amide bonds. The minimum Gasteiger partial charge on any atom is -0.350 e. The fourth-order valence-corrected chi connectivity index (χ4v) is 4.40. The highest BCUT2D eigenvalue weighted by Crippen LogP contribution is 2.40. The lowest BCUT2D eigenvalue weighted by Crippen LogP contribution is -2.46. The summed E-state index contributed by atoms with van der Waals surface area (Å²) in [4.78, 5) is 25.7. The molecule has 0 spiro atoms. The van der Waals surface area contributed by atoms with Crippen molar-refractivity contribution >= 4 is 35.8 Å². The van der Waals surface area contributed by atoms with Gasteiger partial charge in [-0.15, -0.1) is 12.4 Å². The summed E-state index contributed by atoms with van der Waals surface area (Å²) in [6.07, 6.45) is 3.53. The number of amides is 2. The van der Waals surface area contributed by atoms with Crippen molar-refractivity contribution in [2.75, 3.05) is 6.54 Å². The molecule has 5 nitrogen and oxygen atoms in total. The molecule has 190 valence electrons. The van der Waals surface area contributed by atoms with Gasteiger partial charge in [0.05, 0.1) is 0 Å². The molecule has 1 saturated carbocycles. The molecule has 3 aromatic rings. The van der Waals surface area contributed by atoms with Gasteiger partial charge in [0.25, 0.3) is 5.91 Å². The number of halogens is 2. The number of carbonyl (C=O) groups is 2. The lowest BCUT2D eigenvalue weighted by atomic mass is 10.1. The first kappa shape index (κ1) is 27.7. The van der Waals surface area contributed by atoms with Crippen LogP contribution in [0.3, 0.4) is 0 Å². The molecule has 1 fully saturated rings. The Kier molecular flexibility index (Phi) is 10.8. The maximum absolute atomic E-state index is 13.0. The van der Waals surface area contributed by atoms with Crippen LogP contribution in [0.15, 0.2) is 84.9 Å². The third-order valence-electron chi connectivity index (χ3n) is 6.38. The van der Waals surface area contributed by atoms with E-state index in [1.807, 2.05) is 36.4 Å². The van der Waals surface area contributed by atoms with Gasteiger partial charge in [0.2, 0.25) is 5.91 Å². The van der Waals surface area contributed by atoms with Crippen molar-refractivity contribution in [3.8, 4) is 0 Å². The molecule has 3 N–H and O–H groups in total. The molecular weight excluding hydrogens is 493 g/mol. The summed E-state index contributed by atoms with van der Waals surface area (Å²) in [5.74, 6) is 0.158. The Balaban J connectivity index is 0.00000361. The van der Waals surface area contributed by atoms with Crippen LogP contribution in [-0.4, -0.2) is 30.4 Å². The van der Waals surface area contributed by atoms with E-state index in [1.54, 1.807) is 24.3 Å². The first-order valence-electron chi connectivity index (χ1n) is 12.3. The normalized spacial score (nSPS) is 16.9. The molecule has 0 radical (unpaired) electrons. The van der Waals surface area contributed by atoms with Crippen LogP contribution in [0, 0.1) is 0 Å². The van der Waals surface area contributed by atoms with Crippen molar-refractivity contribution in [1.82, 2.24) is 16.0 Å². The van der Waals surface area contributed by atoms with Crippen LogP contribution in [0.1, 0.15) is 53.1 Å². The second kappa shape index (κ2) is 14.0. The fraction of sp³-hybridized carbons (Fsp3) is 0.310. The molecule has 36 heavy (non-hydrogen) atoms. The molecule has 7 heteroatoms. The van der Waals surface area contributed by atoms with Crippen LogP contribution >= 0.6 is 24.0 Å². The Morgan fingerprint density at radius 3 is 2.25 bits per heavy atom. The topological polar surface area (TPSA) is 70.2 Å². The number of unbranched alkanes of at least 4 members (excludes halogenated alkanes) is 1. The van der Waals surface area contributed by atoms with Crippen LogP contribution in [0.25, 0.3) is 0 Å². The lowest BCUT2D eigenvalue weighted by Gasteiger charge is -2.19. The zero-order chi connectivity index (χ0) is 24.5. The number of carbonyl (C=O) groups excluding carboxylic acids is 2. The third-order valence-corrected chi connectivity index (χ3v) is 6.63. The van der Waals surface area contributed by atoms with Crippen molar-refractivity contribution in [3.05, 3.63) is 107 Å². The highest BCUT2D eigenvalue weighted by Gasteiger charge is 2.37. The molecule has 1 aliphatic rings. The van der Waals surface area contributed by atoms with Gasteiger partial charge in [0.15, 0.2) is 0 Å². The van der Waals surface area contributed by atoms with Gasteiger partial charge in [-0.1, -0.05) is 72.3 Å². The van der Waals surface area contributed by atoms with Gasteiger partial charge in [0, 0.05) is 29.1 Å². The summed E-state index contributed by atoms with van der Waals surface area (Å²) < 4.78 is 0. The van der Waals surface area contributed by atoms with Crippen LogP contribution in [0.4, 0.5) is 0 Å². The molecular formula is C29H33Cl2N3O2. The summed E-state index contributed by atoms with van der Waals surface area (Å²) in [6, 6.07) is 27.0. The van der Waals surface area contributed by atoms with Crippen LogP contribution < -0.4 is 16.0 Å². The first-order valence-corrected chi connectivity index (χ1v) is 12.6. The van der Waals surface area contributed by atoms with E-state index in [4.69, 9.17) is 11.6 Å². The monoisotopic (exact) mass is 525 g/mol. The standard InChI is InChI=1S/C29H32ClN3O2.ClH/c30-24-16-14-23(15-17-24)28(34)33-26(29(35)32-20-21-9-3-1-4-10-21)13-7-8-18-31-27-19-25(27)22-11-5-2-6-12-22;/h1-6,9-12,14-17,25-27,31H,7-8,13,18-20H2,(H,32,35)(H,33,34);1H/t25-,26?,27+;/m0./s1. The van der Waals surface area contributed by atoms with Crippen molar-refractivity contribution in [2.45, 2.75) is 50.2 Å². The van der Waals surface area contributed by atoms with Crippen molar-refractivity contribution in [1.29, 1.82) is 0 Å². The molecule has 0 aliphatic heterocycles. The maximum atomic E-state index is 13.0. The largest absolute Gasteiger partial charge is 0.350 e. The summed E-state index contributed by atoms with van der Waals surface area (Å²) in [5.41, 5.74) is 2.90. The number of hydrogen-bond donors (Lipinski definition) is 3. The number of benzene rings is 3. The lowest BCUT2D eigenvalue weighted by molar-refractivity contribution is -0.123. The minimum atomic E-state index is -0.597. The van der Waals surface area contributed by atoms with Gasteiger partial charge < -0.3 is 16.0 Å². The second-order valence-corrected chi connectivity index (χ2v) is 9.48. The van der Waals surface area contributed by atoms with Gasteiger partial charge in [-0.25, -0.2) is 0 Å². The van der Waals surface area contributed by atoms with E-state index in [9.17, 15) is 9.59 Å². The first-order chi connectivity index (χ1) is 17.1. The Morgan fingerprint density at radius 2 is 1.56 bits per heavy atom. The average molecular weight is 527 g/mol. The predicted octanol–water partition coefficient (Wildman–Crippen LogP) is 5.49. The van der Waals surface area contributed by atoms with E-state index in [-0.39, 0.29) is 24.2 Å². The molecule has 1 unspecified atom stereocenters. The summed E-state index contributed by atoms with van der Waals surface area (Å²) >= 11 is 5.94. The average Bonchev–Trinajstić information content (AvgIpc) is 3.67. The van der Waals surface area contributed by atoms with Gasteiger partial charge in [-0.3, -0.25) is 9.59 Å². The van der Waals surface area contributed by atoms with Gasteiger partial charge in [0.1, 0.15) is 6.04 Å². The molecule has 0 bridgehead atoms. The molecule has 3 atom stereocenters. The van der Waals surface area contributed by atoms with E-state index in [1.165, 1.54) is 12.0 Å². The molecule has 0 heterocycles. The zero-order valence-electron chi connectivity index (χ0n) is 20.2. The number of hydrogen-bond acceptors (Lipinski definition) is 3. The van der Waals surface area contributed by atoms with Gasteiger partial charge >= 0.3 is 0 Å². The van der Waals surface area contributed by atoms with Crippen LogP contribution in [-0.2, 0) is 11.3 Å². The molecule has 0 aromatic heterocycles. The quantitative estimate of drug-likeness (QED) is 0.273. The Hall–Kier alpha value is -2.86. The van der Waals surface area contributed by atoms with E-state index < -0.39 is 6.04 Å². The van der Waals surface area contributed by atoms with Crippen molar-refractivity contribution in [3.63, 3.8) is 0 Å². The van der Waals surface area contributed by atoms with Crippen LogP contribution in [0.2, 0.25) is 5.02 Å². The molecule has 1 aliphatic carbocycles. The number of rotatable bonds is 12. The minimum absolute atomic E-state index is 0. The highest BCUT2D eigenvalue weighted by atomic mass is 35.5. The Morgan fingerprint density at radius 1 is 0.889 bits per heavy atom. The van der Waals surface area contributed by atoms with E-state index in [0.717, 1.165) is 24.9 Å². The fourth-order valence-electron chi connectivity index (χ4n) is 4.27. The number of nitrogens with one attached hydrogen (secondary N) is 3. The van der Waals surface area contributed by atoms with Crippen LogP contribution in [0.5, 0.6) is 0 Å². The second-order valence-electron chi connectivity index (χ2n) is 9.05. The molecule has 4 rings (SSSR count). The van der Waals surface area contributed by atoms with E-state index in [0.29, 0.717) is 35.5 Å². The zero-order valence-corrected chi connectivity index (χ0v) is 21.7. The Bertz CT molecular complexity index is 1090. The van der Waals surface area contributed by atoms with E-state index in [2.05, 4.69) is 40.2 Å². The van der Waals surface area contributed by atoms with E-state index >= 15 is 0 Å².